The Labute approximate surface area is 123 Å². The number of hydrogen-bond donors (Lipinski definition) is 1. The first-order valence-electron chi connectivity index (χ1n) is 6.52. The van der Waals surface area contributed by atoms with Gasteiger partial charge in [-0.25, -0.2) is 0 Å². The van der Waals surface area contributed by atoms with Crippen molar-refractivity contribution < 1.29 is 23.9 Å². The van der Waals surface area contributed by atoms with E-state index in [0.717, 1.165) is 0 Å². The highest BCUT2D eigenvalue weighted by Crippen LogP contribution is 2.20. The number of ketones is 1. The van der Waals surface area contributed by atoms with Gasteiger partial charge in [0.25, 0.3) is 0 Å². The summed E-state index contributed by atoms with van der Waals surface area (Å²) < 4.78 is 10.2. The van der Waals surface area contributed by atoms with Crippen molar-refractivity contribution in [3.8, 4) is 5.75 Å². The van der Waals surface area contributed by atoms with E-state index in [0.29, 0.717) is 5.75 Å². The number of benzene rings is 1. The number of nitrogens with two attached hydrogens (primary N) is 1. The molecule has 6 nitrogen and oxygen atoms in total. The molecule has 0 aliphatic heterocycles. The van der Waals surface area contributed by atoms with Crippen LogP contribution < -0.4 is 10.5 Å². The molecule has 6 heteroatoms. The van der Waals surface area contributed by atoms with Gasteiger partial charge >= 0.3 is 5.97 Å². The molecule has 0 heterocycles. The molecule has 0 radical (unpaired) electrons. The van der Waals surface area contributed by atoms with Crippen LogP contribution in [0.2, 0.25) is 0 Å². The molecule has 0 aromatic heterocycles. The van der Waals surface area contributed by atoms with Crippen LogP contribution in [-0.2, 0) is 14.3 Å². The van der Waals surface area contributed by atoms with Crippen LogP contribution in [0, 0.1) is 5.41 Å². The Morgan fingerprint density at radius 1 is 1.24 bits per heavy atom. The largest absolute Gasteiger partial charge is 0.486 e. The molecule has 0 fully saturated rings. The molecule has 1 aromatic rings. The molecular weight excluding hydrogens is 274 g/mol. The van der Waals surface area contributed by atoms with E-state index in [1.54, 1.807) is 25.1 Å². The van der Waals surface area contributed by atoms with Crippen LogP contribution in [0.3, 0.4) is 0 Å². The summed E-state index contributed by atoms with van der Waals surface area (Å²) in [6.07, 6.45) is 0. The number of carbonyl (C=O) groups excluding carboxylic acids is 3. The average molecular weight is 293 g/mol. The lowest BCUT2D eigenvalue weighted by Gasteiger charge is -2.20. The lowest BCUT2D eigenvalue weighted by Crippen LogP contribution is -2.38. The van der Waals surface area contributed by atoms with Gasteiger partial charge in [0.05, 0.1) is 6.61 Å². The standard InChI is InChI=1S/C15H19NO5/c1-4-20-14(19)15(2,3)12(17)9-21-11-7-5-6-10(8-11)13(16)18/h5-8H,4,9H2,1-3H3,(H2,16,18). The van der Waals surface area contributed by atoms with E-state index in [-0.39, 0.29) is 18.8 Å². The van der Waals surface area contributed by atoms with Crippen LogP contribution >= 0.6 is 0 Å². The van der Waals surface area contributed by atoms with Crippen molar-refractivity contribution in [3.05, 3.63) is 29.8 Å². The maximum atomic E-state index is 12.1. The molecule has 0 saturated carbocycles. The van der Waals surface area contributed by atoms with Crippen molar-refractivity contribution in [1.29, 1.82) is 0 Å². The predicted molar refractivity (Wildman–Crippen MR) is 75.9 cm³/mol. The normalized spacial score (nSPS) is 10.8. The lowest BCUT2D eigenvalue weighted by atomic mass is 9.88. The van der Waals surface area contributed by atoms with Crippen molar-refractivity contribution in [2.75, 3.05) is 13.2 Å². The molecule has 1 aromatic carbocycles. The SMILES string of the molecule is CCOC(=O)C(C)(C)C(=O)COc1cccc(C(N)=O)c1. The first kappa shape index (κ1) is 16.7. The minimum atomic E-state index is -1.28. The van der Waals surface area contributed by atoms with E-state index < -0.39 is 23.1 Å². The first-order chi connectivity index (χ1) is 9.78. The third-order valence-corrected chi connectivity index (χ3v) is 2.97. The van der Waals surface area contributed by atoms with Gasteiger partial charge in [-0.3, -0.25) is 14.4 Å². The number of ether oxygens (including phenoxy) is 2. The van der Waals surface area contributed by atoms with Crippen molar-refractivity contribution in [3.63, 3.8) is 0 Å². The minimum Gasteiger partial charge on any atom is -0.486 e. The Kier molecular flexibility index (Phi) is 5.46. The highest BCUT2D eigenvalue weighted by atomic mass is 16.5. The number of amides is 1. The van der Waals surface area contributed by atoms with Gasteiger partial charge in [0, 0.05) is 5.56 Å². The smallest absolute Gasteiger partial charge is 0.319 e. The number of hydrogen-bond acceptors (Lipinski definition) is 5. The summed E-state index contributed by atoms with van der Waals surface area (Å²) >= 11 is 0. The van der Waals surface area contributed by atoms with E-state index in [4.69, 9.17) is 15.2 Å². The molecule has 0 aliphatic carbocycles. The van der Waals surface area contributed by atoms with Crippen molar-refractivity contribution in [1.82, 2.24) is 0 Å². The summed E-state index contributed by atoms with van der Waals surface area (Å²) in [5, 5.41) is 0. The van der Waals surface area contributed by atoms with Gasteiger partial charge in [0.15, 0.2) is 5.78 Å². The quantitative estimate of drug-likeness (QED) is 0.604. The fourth-order valence-electron chi connectivity index (χ4n) is 1.49. The molecule has 0 spiro atoms. The second kappa shape index (κ2) is 6.88. The average Bonchev–Trinajstić information content (AvgIpc) is 2.45. The number of Topliss-reactive ketones (excluding diaryl/α,β-unsaturated/α-hetero) is 1. The van der Waals surface area contributed by atoms with E-state index >= 15 is 0 Å². The van der Waals surface area contributed by atoms with Gasteiger partial charge in [-0.1, -0.05) is 6.07 Å². The molecule has 21 heavy (non-hydrogen) atoms. The van der Waals surface area contributed by atoms with Crippen LogP contribution in [0.15, 0.2) is 24.3 Å². The summed E-state index contributed by atoms with van der Waals surface area (Å²) in [4.78, 5) is 34.8. The molecule has 0 unspecified atom stereocenters. The maximum Gasteiger partial charge on any atom is 0.319 e. The number of rotatable bonds is 7. The molecular formula is C15H19NO5. The fraction of sp³-hybridized carbons (Fsp3) is 0.400. The number of esters is 1. The molecule has 2 N–H and O–H groups in total. The van der Waals surface area contributed by atoms with Crippen LogP contribution in [0.1, 0.15) is 31.1 Å². The van der Waals surface area contributed by atoms with Gasteiger partial charge in [-0.05, 0) is 39.0 Å². The van der Waals surface area contributed by atoms with Crippen molar-refractivity contribution >= 4 is 17.7 Å². The Bertz CT molecular complexity index is 551. The van der Waals surface area contributed by atoms with E-state index in [2.05, 4.69) is 0 Å². The zero-order chi connectivity index (χ0) is 16.0. The monoisotopic (exact) mass is 293 g/mol. The third kappa shape index (κ3) is 4.30. The molecule has 114 valence electrons. The molecule has 0 atom stereocenters. The summed E-state index contributed by atoms with van der Waals surface area (Å²) in [6.45, 7) is 4.54. The summed E-state index contributed by atoms with van der Waals surface area (Å²) in [7, 11) is 0. The first-order valence-corrected chi connectivity index (χ1v) is 6.52. The van der Waals surface area contributed by atoms with Crippen LogP contribution in [0.4, 0.5) is 0 Å². The van der Waals surface area contributed by atoms with Gasteiger partial charge < -0.3 is 15.2 Å². The molecule has 1 amide bonds. The fourth-order valence-corrected chi connectivity index (χ4v) is 1.49. The zero-order valence-electron chi connectivity index (χ0n) is 12.3. The zero-order valence-corrected chi connectivity index (χ0v) is 12.3. The van der Waals surface area contributed by atoms with Gasteiger partial charge in [0.1, 0.15) is 17.8 Å². The maximum absolute atomic E-state index is 12.1. The van der Waals surface area contributed by atoms with Crippen molar-refractivity contribution in [2.45, 2.75) is 20.8 Å². The topological polar surface area (TPSA) is 95.7 Å². The second-order valence-electron chi connectivity index (χ2n) is 4.95. The van der Waals surface area contributed by atoms with Crippen molar-refractivity contribution in [2.24, 2.45) is 11.1 Å². The van der Waals surface area contributed by atoms with Crippen LogP contribution in [0.5, 0.6) is 5.75 Å². The summed E-state index contributed by atoms with van der Waals surface area (Å²) in [5.74, 6) is -1.26. The summed E-state index contributed by atoms with van der Waals surface area (Å²) in [6, 6.07) is 6.17. The van der Waals surface area contributed by atoms with Gasteiger partial charge in [-0.15, -0.1) is 0 Å². The molecule has 1 rings (SSSR count). The van der Waals surface area contributed by atoms with E-state index in [1.165, 1.54) is 19.9 Å². The predicted octanol–water partition coefficient (Wildman–Crippen LogP) is 1.32. The van der Waals surface area contributed by atoms with E-state index in [9.17, 15) is 14.4 Å². The lowest BCUT2D eigenvalue weighted by molar-refractivity contribution is -0.158. The second-order valence-corrected chi connectivity index (χ2v) is 4.95. The third-order valence-electron chi connectivity index (χ3n) is 2.97. The Morgan fingerprint density at radius 3 is 2.48 bits per heavy atom. The molecule has 0 bridgehead atoms. The summed E-state index contributed by atoms with van der Waals surface area (Å²) in [5.41, 5.74) is 4.16. The Hall–Kier alpha value is -2.37. The molecule has 0 saturated heterocycles. The van der Waals surface area contributed by atoms with E-state index in [1.807, 2.05) is 0 Å². The van der Waals surface area contributed by atoms with Crippen LogP contribution in [-0.4, -0.2) is 30.9 Å². The Balaban J connectivity index is 2.70. The Morgan fingerprint density at radius 2 is 1.90 bits per heavy atom. The molecule has 0 aliphatic rings. The minimum absolute atomic E-state index is 0.205. The van der Waals surface area contributed by atoms with Gasteiger partial charge in [0.2, 0.25) is 5.91 Å². The van der Waals surface area contributed by atoms with Gasteiger partial charge in [-0.2, -0.15) is 0 Å². The van der Waals surface area contributed by atoms with Crippen LogP contribution in [0.25, 0.3) is 0 Å². The number of primary amides is 1. The highest BCUT2D eigenvalue weighted by Gasteiger charge is 2.37. The number of carbonyl (C=O) groups is 3. The highest BCUT2D eigenvalue weighted by molar-refractivity contribution is 6.03.